The summed E-state index contributed by atoms with van der Waals surface area (Å²) >= 11 is 0. The van der Waals surface area contributed by atoms with Crippen molar-refractivity contribution in [1.29, 1.82) is 0 Å². The molecule has 1 unspecified atom stereocenters. The molecular weight excluding hydrogens is 256 g/mol. The van der Waals surface area contributed by atoms with Crippen LogP contribution in [0.5, 0.6) is 5.75 Å². The van der Waals surface area contributed by atoms with Crippen LogP contribution in [0, 0.1) is 11.8 Å². The summed E-state index contributed by atoms with van der Waals surface area (Å²) in [4.78, 5) is 0. The summed E-state index contributed by atoms with van der Waals surface area (Å²) in [6.45, 7) is 1.70. The Kier molecular flexibility index (Phi) is 4.24. The van der Waals surface area contributed by atoms with Crippen molar-refractivity contribution < 1.29 is 19.3 Å². The van der Waals surface area contributed by atoms with E-state index in [1.807, 2.05) is 24.3 Å². The van der Waals surface area contributed by atoms with Gasteiger partial charge >= 0.3 is 0 Å². The third kappa shape index (κ3) is 2.68. The minimum absolute atomic E-state index is 0.0251. The van der Waals surface area contributed by atoms with E-state index in [4.69, 9.17) is 14.2 Å². The molecule has 1 saturated carbocycles. The molecule has 0 bridgehead atoms. The molecule has 1 saturated heterocycles. The highest BCUT2D eigenvalue weighted by Gasteiger charge is 2.39. The van der Waals surface area contributed by atoms with Gasteiger partial charge in [0.15, 0.2) is 0 Å². The third-order valence-electron chi connectivity index (χ3n) is 4.47. The number of hydrogen-bond acceptors (Lipinski definition) is 4. The van der Waals surface area contributed by atoms with Crippen LogP contribution in [0.4, 0.5) is 0 Å². The van der Waals surface area contributed by atoms with Crippen LogP contribution in [0.1, 0.15) is 24.5 Å². The zero-order valence-corrected chi connectivity index (χ0v) is 11.8. The second-order valence-corrected chi connectivity index (χ2v) is 5.70. The summed E-state index contributed by atoms with van der Waals surface area (Å²) in [5.41, 5.74) is 0.922. The predicted molar refractivity (Wildman–Crippen MR) is 74.7 cm³/mol. The molecule has 1 aliphatic carbocycles. The van der Waals surface area contributed by atoms with Gasteiger partial charge in [-0.2, -0.15) is 0 Å². The Morgan fingerprint density at radius 3 is 2.60 bits per heavy atom. The van der Waals surface area contributed by atoms with Crippen LogP contribution in [0.3, 0.4) is 0 Å². The normalized spacial score (nSPS) is 27.5. The molecule has 0 radical (unpaired) electrons. The maximum atomic E-state index is 9.66. The smallest absolute Gasteiger partial charge is 0.124 e. The first-order valence-corrected chi connectivity index (χ1v) is 7.28. The Morgan fingerprint density at radius 2 is 1.95 bits per heavy atom. The molecule has 0 amide bonds. The van der Waals surface area contributed by atoms with Crippen LogP contribution in [0.25, 0.3) is 0 Å². The summed E-state index contributed by atoms with van der Waals surface area (Å²) in [7, 11) is 1.64. The zero-order valence-electron chi connectivity index (χ0n) is 11.8. The number of rotatable bonds is 5. The first kappa shape index (κ1) is 13.9. The first-order valence-electron chi connectivity index (χ1n) is 7.28. The minimum Gasteiger partial charge on any atom is -0.496 e. The van der Waals surface area contributed by atoms with E-state index in [1.54, 1.807) is 7.11 Å². The van der Waals surface area contributed by atoms with E-state index in [9.17, 15) is 5.11 Å². The third-order valence-corrected chi connectivity index (χ3v) is 4.47. The van der Waals surface area contributed by atoms with E-state index >= 15 is 0 Å². The summed E-state index contributed by atoms with van der Waals surface area (Å²) in [6.07, 6.45) is 1.99. The fraction of sp³-hybridized carbons (Fsp3) is 0.625. The highest BCUT2D eigenvalue weighted by molar-refractivity contribution is 5.35. The van der Waals surface area contributed by atoms with Gasteiger partial charge in [-0.25, -0.2) is 0 Å². The fourth-order valence-electron chi connectivity index (χ4n) is 3.43. The van der Waals surface area contributed by atoms with E-state index in [2.05, 4.69) is 0 Å². The molecule has 0 spiro atoms. The summed E-state index contributed by atoms with van der Waals surface area (Å²) < 4.78 is 17.0. The topological polar surface area (TPSA) is 47.9 Å². The van der Waals surface area contributed by atoms with Crippen LogP contribution < -0.4 is 4.74 Å². The summed E-state index contributed by atoms with van der Waals surface area (Å²) in [5.74, 6) is 2.04. The van der Waals surface area contributed by atoms with Crippen LogP contribution in [0.15, 0.2) is 24.3 Å². The van der Waals surface area contributed by atoms with Gasteiger partial charge in [0.2, 0.25) is 0 Å². The molecule has 1 aromatic carbocycles. The van der Waals surface area contributed by atoms with Gasteiger partial charge in [-0.3, -0.25) is 0 Å². The van der Waals surface area contributed by atoms with Crippen molar-refractivity contribution in [1.82, 2.24) is 0 Å². The Hall–Kier alpha value is -1.10. The standard InChI is InChI=1S/C16H22O4/c1-18-15-5-3-2-4-14(15)16(8-17)20-13-6-11-9-19-10-12(11)7-13/h2-5,11-13,16-17H,6-10H2,1H3/t11-,12-,16?/m1/s1. The van der Waals surface area contributed by atoms with E-state index in [0.29, 0.717) is 11.8 Å². The van der Waals surface area contributed by atoms with Crippen molar-refractivity contribution >= 4 is 0 Å². The summed E-state index contributed by atoms with van der Waals surface area (Å²) in [6, 6.07) is 7.73. The maximum absolute atomic E-state index is 9.66. The molecule has 1 aliphatic heterocycles. The number of fused-ring (bicyclic) bond motifs is 1. The largest absolute Gasteiger partial charge is 0.496 e. The van der Waals surface area contributed by atoms with Gasteiger partial charge in [0, 0.05) is 18.8 Å². The maximum Gasteiger partial charge on any atom is 0.124 e. The molecule has 2 fully saturated rings. The number of benzene rings is 1. The molecule has 20 heavy (non-hydrogen) atoms. The van der Waals surface area contributed by atoms with Crippen LogP contribution in [-0.2, 0) is 9.47 Å². The SMILES string of the molecule is COc1ccccc1C(CO)OC1C[C@@H]2COC[C@H]2C1. The van der Waals surface area contributed by atoms with Crippen molar-refractivity contribution in [2.24, 2.45) is 11.8 Å². The van der Waals surface area contributed by atoms with Crippen LogP contribution in [-0.4, -0.2) is 38.1 Å². The highest BCUT2D eigenvalue weighted by Crippen LogP contribution is 2.40. The lowest BCUT2D eigenvalue weighted by Gasteiger charge is -2.23. The van der Waals surface area contributed by atoms with E-state index in [-0.39, 0.29) is 18.8 Å². The molecule has 0 aromatic heterocycles. The highest BCUT2D eigenvalue weighted by atomic mass is 16.5. The first-order chi connectivity index (χ1) is 9.81. The molecule has 110 valence electrons. The van der Waals surface area contributed by atoms with Gasteiger partial charge in [-0.05, 0) is 30.7 Å². The van der Waals surface area contributed by atoms with Crippen molar-refractivity contribution in [2.45, 2.75) is 25.0 Å². The lowest BCUT2D eigenvalue weighted by molar-refractivity contribution is -0.0450. The number of hydrogen-bond donors (Lipinski definition) is 1. The molecular formula is C16H22O4. The van der Waals surface area contributed by atoms with Crippen LogP contribution in [0.2, 0.25) is 0 Å². The monoisotopic (exact) mass is 278 g/mol. The van der Waals surface area contributed by atoms with Gasteiger partial charge < -0.3 is 19.3 Å². The Labute approximate surface area is 119 Å². The molecule has 1 aromatic rings. The molecule has 4 nitrogen and oxygen atoms in total. The number of aliphatic hydroxyl groups is 1. The molecule has 1 heterocycles. The Morgan fingerprint density at radius 1 is 1.25 bits per heavy atom. The zero-order chi connectivity index (χ0) is 13.9. The number of para-hydroxylation sites is 1. The van der Waals surface area contributed by atoms with Crippen molar-refractivity contribution in [2.75, 3.05) is 26.9 Å². The average Bonchev–Trinajstić information content (AvgIpc) is 3.05. The molecule has 2 aliphatic rings. The number of aliphatic hydroxyl groups excluding tert-OH is 1. The minimum atomic E-state index is -0.309. The lowest BCUT2D eigenvalue weighted by atomic mass is 10.0. The predicted octanol–water partition coefficient (Wildman–Crippen LogP) is 2.17. The van der Waals surface area contributed by atoms with Gasteiger partial charge in [-0.1, -0.05) is 18.2 Å². The summed E-state index contributed by atoms with van der Waals surface area (Å²) in [5, 5.41) is 9.66. The molecule has 1 N–H and O–H groups in total. The van der Waals surface area contributed by atoms with E-state index in [1.165, 1.54) is 0 Å². The number of ether oxygens (including phenoxy) is 3. The van der Waals surface area contributed by atoms with Gasteiger partial charge in [-0.15, -0.1) is 0 Å². The average molecular weight is 278 g/mol. The Balaban J connectivity index is 1.68. The Bertz CT molecular complexity index is 436. The second kappa shape index (κ2) is 6.12. The van der Waals surface area contributed by atoms with E-state index < -0.39 is 0 Å². The fourth-order valence-corrected chi connectivity index (χ4v) is 3.43. The lowest BCUT2D eigenvalue weighted by Crippen LogP contribution is -2.18. The number of methoxy groups -OCH3 is 1. The van der Waals surface area contributed by atoms with E-state index in [0.717, 1.165) is 37.4 Å². The quantitative estimate of drug-likeness (QED) is 0.896. The molecule has 3 rings (SSSR count). The van der Waals surface area contributed by atoms with Crippen molar-refractivity contribution in [3.8, 4) is 5.75 Å². The van der Waals surface area contributed by atoms with Gasteiger partial charge in [0.1, 0.15) is 11.9 Å². The van der Waals surface area contributed by atoms with Crippen LogP contribution >= 0.6 is 0 Å². The van der Waals surface area contributed by atoms with Crippen molar-refractivity contribution in [3.05, 3.63) is 29.8 Å². The molecule has 4 heteroatoms. The van der Waals surface area contributed by atoms with Gasteiger partial charge in [0.05, 0.1) is 19.8 Å². The second-order valence-electron chi connectivity index (χ2n) is 5.70. The van der Waals surface area contributed by atoms with Crippen molar-refractivity contribution in [3.63, 3.8) is 0 Å². The van der Waals surface area contributed by atoms with Gasteiger partial charge in [0.25, 0.3) is 0 Å². The molecule has 3 atom stereocenters.